The van der Waals surface area contributed by atoms with Crippen molar-refractivity contribution in [2.75, 3.05) is 6.61 Å². The lowest BCUT2D eigenvalue weighted by molar-refractivity contribution is 0.234. The molecule has 2 atom stereocenters. The van der Waals surface area contributed by atoms with E-state index in [4.69, 9.17) is 5.11 Å². The molecule has 0 rings (SSSR count). The highest BCUT2D eigenvalue weighted by molar-refractivity contribution is 4.74. The average Bonchev–Trinajstić information content (AvgIpc) is 2.14. The lowest BCUT2D eigenvalue weighted by Gasteiger charge is -2.25. The first-order chi connectivity index (χ1) is 6.61. The van der Waals surface area contributed by atoms with E-state index in [0.29, 0.717) is 18.0 Å². The molecule has 0 saturated carbocycles. The van der Waals surface area contributed by atoms with Gasteiger partial charge < -0.3 is 10.4 Å². The average molecular weight is 201 g/mol. The number of hydrogen-bond acceptors (Lipinski definition) is 2. The summed E-state index contributed by atoms with van der Waals surface area (Å²) in [7, 11) is 0. The van der Waals surface area contributed by atoms with Crippen LogP contribution in [0.2, 0.25) is 0 Å². The molecule has 0 saturated heterocycles. The molecule has 0 amide bonds. The fourth-order valence-electron chi connectivity index (χ4n) is 1.71. The van der Waals surface area contributed by atoms with E-state index in [1.165, 1.54) is 19.3 Å². The summed E-state index contributed by atoms with van der Waals surface area (Å²) in [6.07, 6.45) is 4.66. The number of aliphatic hydroxyl groups excluding tert-OH is 1. The van der Waals surface area contributed by atoms with Crippen molar-refractivity contribution in [1.82, 2.24) is 5.32 Å². The molecule has 14 heavy (non-hydrogen) atoms. The second kappa shape index (κ2) is 8.25. The molecule has 2 N–H and O–H groups in total. The number of aliphatic hydroxyl groups is 1. The van der Waals surface area contributed by atoms with Crippen LogP contribution in [0.25, 0.3) is 0 Å². The van der Waals surface area contributed by atoms with Crippen LogP contribution in [-0.4, -0.2) is 23.8 Å². The highest BCUT2D eigenvalue weighted by Gasteiger charge is 2.14. The number of hydrogen-bond donors (Lipinski definition) is 2. The Hall–Kier alpha value is -0.0800. The summed E-state index contributed by atoms with van der Waals surface area (Å²) in [5.41, 5.74) is 0. The molecule has 0 aromatic heterocycles. The standard InChI is InChI=1S/C12H27NO/c1-5-6-7-11(4)13-12(8-9-14)10(2)3/h10-14H,5-9H2,1-4H3. The monoisotopic (exact) mass is 201 g/mol. The van der Waals surface area contributed by atoms with Crippen LogP contribution in [0.1, 0.15) is 53.4 Å². The smallest absolute Gasteiger partial charge is 0.0445 e. The van der Waals surface area contributed by atoms with Crippen LogP contribution in [0.5, 0.6) is 0 Å². The van der Waals surface area contributed by atoms with E-state index in [9.17, 15) is 0 Å². The summed E-state index contributed by atoms with van der Waals surface area (Å²) in [6, 6.07) is 1.04. The van der Waals surface area contributed by atoms with Crippen LogP contribution in [-0.2, 0) is 0 Å². The molecule has 0 aliphatic rings. The molecule has 0 aliphatic heterocycles. The molecule has 0 aromatic carbocycles. The second-order valence-electron chi connectivity index (χ2n) is 4.57. The van der Waals surface area contributed by atoms with Crippen LogP contribution in [0.4, 0.5) is 0 Å². The summed E-state index contributed by atoms with van der Waals surface area (Å²) in [5.74, 6) is 0.603. The maximum absolute atomic E-state index is 8.93. The summed E-state index contributed by atoms with van der Waals surface area (Å²) in [6.45, 7) is 9.17. The van der Waals surface area contributed by atoms with Crippen LogP contribution in [0.15, 0.2) is 0 Å². The Balaban J connectivity index is 3.77. The molecule has 2 unspecified atom stereocenters. The zero-order valence-corrected chi connectivity index (χ0v) is 10.2. The SMILES string of the molecule is CCCCC(C)NC(CCO)C(C)C. The van der Waals surface area contributed by atoms with Gasteiger partial charge in [-0.05, 0) is 25.7 Å². The molecule has 0 spiro atoms. The van der Waals surface area contributed by atoms with Gasteiger partial charge in [0.1, 0.15) is 0 Å². The fourth-order valence-corrected chi connectivity index (χ4v) is 1.71. The fraction of sp³-hybridized carbons (Fsp3) is 1.00. The third-order valence-corrected chi connectivity index (χ3v) is 2.73. The first-order valence-corrected chi connectivity index (χ1v) is 5.98. The van der Waals surface area contributed by atoms with Gasteiger partial charge in [0.25, 0.3) is 0 Å². The first-order valence-electron chi connectivity index (χ1n) is 5.98. The van der Waals surface area contributed by atoms with Crippen molar-refractivity contribution in [2.24, 2.45) is 5.92 Å². The highest BCUT2D eigenvalue weighted by Crippen LogP contribution is 2.09. The van der Waals surface area contributed by atoms with Crippen molar-refractivity contribution >= 4 is 0 Å². The molecule has 0 fully saturated rings. The zero-order chi connectivity index (χ0) is 11.0. The maximum atomic E-state index is 8.93. The quantitative estimate of drug-likeness (QED) is 0.632. The zero-order valence-electron chi connectivity index (χ0n) is 10.2. The Labute approximate surface area is 89.1 Å². The molecule has 0 aromatic rings. The van der Waals surface area contributed by atoms with E-state index in [0.717, 1.165) is 6.42 Å². The van der Waals surface area contributed by atoms with Crippen LogP contribution >= 0.6 is 0 Å². The number of rotatable bonds is 8. The number of nitrogens with one attached hydrogen (secondary N) is 1. The number of unbranched alkanes of at least 4 members (excludes halogenated alkanes) is 1. The van der Waals surface area contributed by atoms with E-state index in [-0.39, 0.29) is 6.61 Å². The molecule has 0 radical (unpaired) electrons. The van der Waals surface area contributed by atoms with Crippen LogP contribution < -0.4 is 5.32 Å². The van der Waals surface area contributed by atoms with Crippen molar-refractivity contribution in [1.29, 1.82) is 0 Å². The van der Waals surface area contributed by atoms with Gasteiger partial charge in [0.15, 0.2) is 0 Å². The molecule has 0 bridgehead atoms. The van der Waals surface area contributed by atoms with Gasteiger partial charge in [-0.2, -0.15) is 0 Å². The minimum atomic E-state index is 0.288. The third-order valence-electron chi connectivity index (χ3n) is 2.73. The Bertz CT molecular complexity index is 125. The maximum Gasteiger partial charge on any atom is 0.0445 e. The van der Waals surface area contributed by atoms with Crippen molar-refractivity contribution in [3.63, 3.8) is 0 Å². The topological polar surface area (TPSA) is 32.3 Å². The van der Waals surface area contributed by atoms with Gasteiger partial charge in [0.2, 0.25) is 0 Å². The first kappa shape index (κ1) is 13.9. The molecule has 2 nitrogen and oxygen atoms in total. The van der Waals surface area contributed by atoms with Crippen molar-refractivity contribution in [2.45, 2.75) is 65.5 Å². The van der Waals surface area contributed by atoms with Gasteiger partial charge in [-0.15, -0.1) is 0 Å². The summed E-state index contributed by atoms with van der Waals surface area (Å²) in [4.78, 5) is 0. The Morgan fingerprint density at radius 2 is 1.79 bits per heavy atom. The van der Waals surface area contributed by atoms with Gasteiger partial charge in [-0.1, -0.05) is 33.6 Å². The van der Waals surface area contributed by atoms with E-state index >= 15 is 0 Å². The molecular weight excluding hydrogens is 174 g/mol. The molecule has 0 heterocycles. The minimum absolute atomic E-state index is 0.288. The Morgan fingerprint density at radius 1 is 1.14 bits per heavy atom. The molecular formula is C12H27NO. The van der Waals surface area contributed by atoms with Gasteiger partial charge in [0.05, 0.1) is 0 Å². The van der Waals surface area contributed by atoms with Gasteiger partial charge in [-0.25, -0.2) is 0 Å². The van der Waals surface area contributed by atoms with E-state index < -0.39 is 0 Å². The summed E-state index contributed by atoms with van der Waals surface area (Å²) < 4.78 is 0. The lowest BCUT2D eigenvalue weighted by atomic mass is 9.99. The molecule has 0 aliphatic carbocycles. The van der Waals surface area contributed by atoms with E-state index in [1.807, 2.05) is 0 Å². The van der Waals surface area contributed by atoms with Crippen molar-refractivity contribution in [3.8, 4) is 0 Å². The Morgan fingerprint density at radius 3 is 2.21 bits per heavy atom. The van der Waals surface area contributed by atoms with E-state index in [2.05, 4.69) is 33.0 Å². The predicted molar refractivity (Wildman–Crippen MR) is 62.5 cm³/mol. The van der Waals surface area contributed by atoms with Crippen molar-refractivity contribution < 1.29 is 5.11 Å². The second-order valence-corrected chi connectivity index (χ2v) is 4.57. The van der Waals surface area contributed by atoms with Gasteiger partial charge in [0, 0.05) is 18.7 Å². The molecule has 2 heteroatoms. The summed E-state index contributed by atoms with van der Waals surface area (Å²) in [5, 5.41) is 12.5. The third kappa shape index (κ3) is 6.39. The molecule has 86 valence electrons. The highest BCUT2D eigenvalue weighted by atomic mass is 16.3. The van der Waals surface area contributed by atoms with Gasteiger partial charge >= 0.3 is 0 Å². The van der Waals surface area contributed by atoms with Crippen molar-refractivity contribution in [3.05, 3.63) is 0 Å². The van der Waals surface area contributed by atoms with Gasteiger partial charge in [-0.3, -0.25) is 0 Å². The summed E-state index contributed by atoms with van der Waals surface area (Å²) >= 11 is 0. The normalized spacial score (nSPS) is 15.9. The lowest BCUT2D eigenvalue weighted by Crippen LogP contribution is -2.40. The van der Waals surface area contributed by atoms with Crippen LogP contribution in [0.3, 0.4) is 0 Å². The Kier molecular flexibility index (Phi) is 8.20. The largest absolute Gasteiger partial charge is 0.396 e. The van der Waals surface area contributed by atoms with Crippen LogP contribution in [0, 0.1) is 5.92 Å². The predicted octanol–water partition coefficient (Wildman–Crippen LogP) is 2.56. The van der Waals surface area contributed by atoms with E-state index in [1.54, 1.807) is 0 Å². The minimum Gasteiger partial charge on any atom is -0.396 e.